The number of hydrogen-bond acceptors (Lipinski definition) is 5. The van der Waals surface area contributed by atoms with Gasteiger partial charge in [-0.05, 0) is 63.6 Å². The summed E-state index contributed by atoms with van der Waals surface area (Å²) in [4.78, 5) is 42.4. The van der Waals surface area contributed by atoms with Gasteiger partial charge in [0.2, 0.25) is 12.7 Å². The molecule has 0 unspecified atom stereocenters. The summed E-state index contributed by atoms with van der Waals surface area (Å²) in [6.45, 7) is 6.58. The standard InChI is InChI=1S/C23H32N4O5/c1-15(2)24-23(30)27-11-7-16(8-12-27)20(22(29)26-9-3-4-10-26)25-21(28)17-5-6-18-19(13-17)32-14-31-18/h5-6,13,15-16,20H,3-4,7-12,14H2,1-2H3,(H,24,30)(H,25,28)/t20-/m1/s1. The molecular formula is C23H32N4O5. The van der Waals surface area contributed by atoms with Crippen molar-refractivity contribution < 1.29 is 23.9 Å². The zero-order valence-corrected chi connectivity index (χ0v) is 18.8. The second kappa shape index (κ2) is 9.67. The van der Waals surface area contributed by atoms with E-state index in [1.807, 2.05) is 18.7 Å². The molecule has 3 aliphatic rings. The van der Waals surface area contributed by atoms with Crippen LogP contribution in [-0.2, 0) is 4.79 Å². The molecule has 0 radical (unpaired) electrons. The van der Waals surface area contributed by atoms with Crippen molar-refractivity contribution in [3.8, 4) is 11.5 Å². The largest absolute Gasteiger partial charge is 0.454 e. The number of nitrogens with one attached hydrogen (secondary N) is 2. The summed E-state index contributed by atoms with van der Waals surface area (Å²) in [7, 11) is 0. The molecule has 174 valence electrons. The number of carbonyl (C=O) groups is 3. The Kier molecular flexibility index (Phi) is 6.72. The number of likely N-dealkylation sites (tertiary alicyclic amines) is 2. The van der Waals surface area contributed by atoms with E-state index >= 15 is 0 Å². The second-order valence-electron chi connectivity index (χ2n) is 8.98. The van der Waals surface area contributed by atoms with Gasteiger partial charge in [-0.2, -0.15) is 0 Å². The predicted molar refractivity (Wildman–Crippen MR) is 118 cm³/mol. The van der Waals surface area contributed by atoms with Crippen LogP contribution >= 0.6 is 0 Å². The molecule has 2 fully saturated rings. The van der Waals surface area contributed by atoms with Crippen molar-refractivity contribution in [3.63, 3.8) is 0 Å². The first-order valence-electron chi connectivity index (χ1n) is 11.5. The molecule has 3 heterocycles. The van der Waals surface area contributed by atoms with Crippen molar-refractivity contribution in [2.75, 3.05) is 33.0 Å². The number of rotatable bonds is 5. The van der Waals surface area contributed by atoms with Gasteiger partial charge in [0.15, 0.2) is 11.5 Å². The maximum atomic E-state index is 13.3. The first-order valence-corrected chi connectivity index (χ1v) is 11.5. The SMILES string of the molecule is CC(C)NC(=O)N1CCC([C@@H](NC(=O)c2ccc3c(c2)OCO3)C(=O)N2CCCC2)CC1. The number of piperidine rings is 1. The normalized spacial score (nSPS) is 19.2. The number of amides is 4. The molecule has 1 aromatic rings. The van der Waals surface area contributed by atoms with Gasteiger partial charge in [-0.25, -0.2) is 4.79 Å². The van der Waals surface area contributed by atoms with Gasteiger partial charge in [-0.1, -0.05) is 0 Å². The Hall–Kier alpha value is -2.97. The van der Waals surface area contributed by atoms with E-state index in [1.165, 1.54) is 0 Å². The molecule has 2 saturated heterocycles. The maximum absolute atomic E-state index is 13.3. The molecule has 4 amide bonds. The van der Waals surface area contributed by atoms with Crippen molar-refractivity contribution in [2.45, 2.75) is 51.6 Å². The van der Waals surface area contributed by atoms with Crippen LogP contribution in [0.25, 0.3) is 0 Å². The van der Waals surface area contributed by atoms with Crippen LogP contribution in [-0.4, -0.2) is 72.7 Å². The minimum Gasteiger partial charge on any atom is -0.454 e. The zero-order chi connectivity index (χ0) is 22.7. The highest BCUT2D eigenvalue weighted by Crippen LogP contribution is 2.32. The van der Waals surface area contributed by atoms with Crippen LogP contribution in [0, 0.1) is 5.92 Å². The quantitative estimate of drug-likeness (QED) is 0.723. The summed E-state index contributed by atoms with van der Waals surface area (Å²) in [5.74, 6) is 0.787. The summed E-state index contributed by atoms with van der Waals surface area (Å²) in [6.07, 6.45) is 3.30. The van der Waals surface area contributed by atoms with Crippen molar-refractivity contribution in [3.05, 3.63) is 23.8 Å². The van der Waals surface area contributed by atoms with E-state index in [0.29, 0.717) is 43.0 Å². The molecular weight excluding hydrogens is 412 g/mol. The summed E-state index contributed by atoms with van der Waals surface area (Å²) >= 11 is 0. The lowest BCUT2D eigenvalue weighted by Gasteiger charge is -2.37. The third kappa shape index (κ3) is 4.92. The number of hydrogen-bond donors (Lipinski definition) is 2. The molecule has 0 spiro atoms. The third-order valence-electron chi connectivity index (χ3n) is 6.32. The number of nitrogens with zero attached hydrogens (tertiary/aromatic N) is 2. The molecule has 2 N–H and O–H groups in total. The molecule has 4 rings (SSSR count). The van der Waals surface area contributed by atoms with E-state index < -0.39 is 6.04 Å². The zero-order valence-electron chi connectivity index (χ0n) is 18.8. The highest BCUT2D eigenvalue weighted by atomic mass is 16.7. The summed E-state index contributed by atoms with van der Waals surface area (Å²) in [5, 5.41) is 5.92. The van der Waals surface area contributed by atoms with E-state index in [9.17, 15) is 14.4 Å². The lowest BCUT2D eigenvalue weighted by molar-refractivity contribution is -0.134. The van der Waals surface area contributed by atoms with Crippen LogP contribution in [0.2, 0.25) is 0 Å². The Morgan fingerprint density at radius 1 is 0.938 bits per heavy atom. The molecule has 32 heavy (non-hydrogen) atoms. The van der Waals surface area contributed by atoms with E-state index in [2.05, 4.69) is 10.6 Å². The number of urea groups is 1. The minimum absolute atomic E-state index is 0.0239. The van der Waals surface area contributed by atoms with Gasteiger partial charge >= 0.3 is 6.03 Å². The van der Waals surface area contributed by atoms with E-state index in [-0.39, 0.29) is 36.6 Å². The van der Waals surface area contributed by atoms with Gasteiger partial charge in [0.05, 0.1) is 0 Å². The lowest BCUT2D eigenvalue weighted by atomic mass is 9.88. The molecule has 9 heteroatoms. The Bertz CT molecular complexity index is 860. The fraction of sp³-hybridized carbons (Fsp3) is 0.609. The monoisotopic (exact) mass is 444 g/mol. The van der Waals surface area contributed by atoms with Gasteiger partial charge < -0.3 is 29.9 Å². The Morgan fingerprint density at radius 2 is 1.62 bits per heavy atom. The Labute approximate surface area is 188 Å². The van der Waals surface area contributed by atoms with Crippen LogP contribution < -0.4 is 20.1 Å². The minimum atomic E-state index is -0.610. The van der Waals surface area contributed by atoms with Crippen LogP contribution in [0.15, 0.2) is 18.2 Å². The van der Waals surface area contributed by atoms with Gasteiger partial charge in [0, 0.05) is 37.8 Å². The molecule has 3 aliphatic heterocycles. The fourth-order valence-corrected chi connectivity index (χ4v) is 4.55. The van der Waals surface area contributed by atoms with E-state index in [1.54, 1.807) is 23.1 Å². The third-order valence-corrected chi connectivity index (χ3v) is 6.32. The average molecular weight is 445 g/mol. The maximum Gasteiger partial charge on any atom is 0.317 e. The lowest BCUT2D eigenvalue weighted by Crippen LogP contribution is -2.55. The molecule has 9 nitrogen and oxygen atoms in total. The van der Waals surface area contributed by atoms with Crippen LogP contribution in [0.3, 0.4) is 0 Å². The van der Waals surface area contributed by atoms with Gasteiger partial charge in [-0.3, -0.25) is 9.59 Å². The first-order chi connectivity index (χ1) is 15.4. The molecule has 0 aromatic heterocycles. The van der Waals surface area contributed by atoms with Crippen molar-refractivity contribution in [1.29, 1.82) is 0 Å². The average Bonchev–Trinajstić information content (AvgIpc) is 3.48. The topological polar surface area (TPSA) is 100 Å². The van der Waals surface area contributed by atoms with Gasteiger partial charge in [-0.15, -0.1) is 0 Å². The first kappa shape index (κ1) is 22.2. The molecule has 0 bridgehead atoms. The van der Waals surface area contributed by atoms with Crippen LogP contribution in [0.4, 0.5) is 4.79 Å². The van der Waals surface area contributed by atoms with Crippen molar-refractivity contribution >= 4 is 17.8 Å². The Balaban J connectivity index is 1.45. The fourth-order valence-electron chi connectivity index (χ4n) is 4.55. The summed E-state index contributed by atoms with van der Waals surface area (Å²) < 4.78 is 10.7. The molecule has 1 aromatic carbocycles. The predicted octanol–water partition coefficient (Wildman–Crippen LogP) is 1.97. The van der Waals surface area contributed by atoms with Gasteiger partial charge in [0.1, 0.15) is 6.04 Å². The number of ether oxygens (including phenoxy) is 2. The number of carbonyl (C=O) groups excluding carboxylic acids is 3. The highest BCUT2D eigenvalue weighted by molar-refractivity contribution is 5.98. The Morgan fingerprint density at radius 3 is 2.31 bits per heavy atom. The number of benzene rings is 1. The van der Waals surface area contributed by atoms with Crippen LogP contribution in [0.1, 0.15) is 49.9 Å². The van der Waals surface area contributed by atoms with Crippen molar-refractivity contribution in [1.82, 2.24) is 20.4 Å². The number of fused-ring (bicyclic) bond motifs is 1. The highest BCUT2D eigenvalue weighted by Gasteiger charge is 2.37. The molecule has 0 saturated carbocycles. The van der Waals surface area contributed by atoms with Gasteiger partial charge in [0.25, 0.3) is 5.91 Å². The molecule has 1 atom stereocenters. The summed E-state index contributed by atoms with van der Waals surface area (Å²) in [5.41, 5.74) is 0.433. The van der Waals surface area contributed by atoms with E-state index in [0.717, 1.165) is 25.9 Å². The smallest absolute Gasteiger partial charge is 0.317 e. The summed E-state index contributed by atoms with van der Waals surface area (Å²) in [6, 6.07) is 4.42. The van der Waals surface area contributed by atoms with Crippen LogP contribution in [0.5, 0.6) is 11.5 Å². The van der Waals surface area contributed by atoms with E-state index in [4.69, 9.17) is 9.47 Å². The van der Waals surface area contributed by atoms with Crippen molar-refractivity contribution in [2.24, 2.45) is 5.92 Å². The second-order valence-corrected chi connectivity index (χ2v) is 8.98. The molecule has 0 aliphatic carbocycles.